The Bertz CT molecular complexity index is 1300. The van der Waals surface area contributed by atoms with E-state index in [2.05, 4.69) is 20.4 Å². The molecule has 0 unspecified atom stereocenters. The van der Waals surface area contributed by atoms with Gasteiger partial charge in [-0.15, -0.1) is 16.4 Å². The van der Waals surface area contributed by atoms with Crippen molar-refractivity contribution in [3.05, 3.63) is 83.5 Å². The van der Waals surface area contributed by atoms with Crippen molar-refractivity contribution < 1.29 is 14.0 Å². The van der Waals surface area contributed by atoms with Gasteiger partial charge < -0.3 is 10.2 Å². The maximum atomic E-state index is 13.9. The molecule has 0 saturated carbocycles. The van der Waals surface area contributed by atoms with E-state index < -0.39 is 5.82 Å². The second kappa shape index (κ2) is 9.52. The molecule has 4 aromatic rings. The van der Waals surface area contributed by atoms with Gasteiger partial charge in [-0.2, -0.15) is 0 Å². The van der Waals surface area contributed by atoms with Gasteiger partial charge in [0.05, 0.1) is 16.1 Å². The molecule has 1 N–H and O–H groups in total. The van der Waals surface area contributed by atoms with Crippen LogP contribution < -0.4 is 5.32 Å². The quantitative estimate of drug-likeness (QED) is 0.475. The summed E-state index contributed by atoms with van der Waals surface area (Å²) in [5.74, 6) is -0.305. The first-order valence-corrected chi connectivity index (χ1v) is 11.7. The number of benzene rings is 1. The summed E-state index contributed by atoms with van der Waals surface area (Å²) < 4.78 is 15.4. The number of pyridine rings is 1. The van der Waals surface area contributed by atoms with E-state index in [-0.39, 0.29) is 23.7 Å². The second-order valence-corrected chi connectivity index (χ2v) is 8.86. The summed E-state index contributed by atoms with van der Waals surface area (Å²) in [6.07, 6.45) is 4.40. The number of hydrogen-bond acceptors (Lipinski definition) is 6. The molecule has 3 aromatic heterocycles. The number of carbonyl (C=O) groups excluding carboxylic acids is 2. The van der Waals surface area contributed by atoms with Gasteiger partial charge in [0, 0.05) is 31.5 Å². The molecule has 0 radical (unpaired) electrons. The van der Waals surface area contributed by atoms with Crippen LogP contribution in [0.3, 0.4) is 0 Å². The molecule has 0 spiro atoms. The first-order chi connectivity index (χ1) is 16.6. The number of rotatable bonds is 5. The molecule has 1 saturated heterocycles. The van der Waals surface area contributed by atoms with Crippen LogP contribution in [-0.2, 0) is 0 Å². The van der Waals surface area contributed by atoms with Gasteiger partial charge in [-0.3, -0.25) is 14.6 Å². The van der Waals surface area contributed by atoms with Crippen molar-refractivity contribution in [3.63, 3.8) is 0 Å². The van der Waals surface area contributed by atoms with E-state index in [9.17, 15) is 14.0 Å². The Morgan fingerprint density at radius 3 is 2.65 bits per heavy atom. The largest absolute Gasteiger partial charge is 0.349 e. The third-order valence-electron chi connectivity index (χ3n) is 5.63. The highest BCUT2D eigenvalue weighted by Gasteiger charge is 2.28. The number of nitrogens with one attached hydrogen (secondary N) is 1. The third-order valence-corrected chi connectivity index (χ3v) is 6.50. The Labute approximate surface area is 199 Å². The molecule has 2 amide bonds. The minimum absolute atomic E-state index is 0.0313. The standard InChI is InChI=1S/C24H21FN6O2S/c25-17-5-1-6-19(14-17)31-22(20-7-3-13-34-20)28-21(29-31)24(33)30-11-8-18(9-12-30)27-23(32)16-4-2-10-26-15-16/h1-7,10,13-15,18H,8-9,11-12H2,(H,27,32). The fourth-order valence-electron chi connectivity index (χ4n) is 3.89. The predicted octanol–water partition coefficient (Wildman–Crippen LogP) is 3.56. The lowest BCUT2D eigenvalue weighted by Crippen LogP contribution is -2.46. The monoisotopic (exact) mass is 476 g/mol. The highest BCUT2D eigenvalue weighted by Crippen LogP contribution is 2.26. The Kier molecular flexibility index (Phi) is 6.13. The molecule has 1 aromatic carbocycles. The molecule has 8 nitrogen and oxygen atoms in total. The topological polar surface area (TPSA) is 93.0 Å². The lowest BCUT2D eigenvalue weighted by Gasteiger charge is -2.31. The average Bonchev–Trinajstić information content (AvgIpc) is 3.55. The van der Waals surface area contributed by atoms with E-state index in [0.29, 0.717) is 43.0 Å². The van der Waals surface area contributed by atoms with Crippen LogP contribution in [0.2, 0.25) is 0 Å². The summed E-state index contributed by atoms with van der Waals surface area (Å²) in [5.41, 5.74) is 1.00. The second-order valence-electron chi connectivity index (χ2n) is 7.91. The number of amides is 2. The van der Waals surface area contributed by atoms with Crippen LogP contribution in [0.4, 0.5) is 4.39 Å². The van der Waals surface area contributed by atoms with Gasteiger partial charge in [0.2, 0.25) is 5.82 Å². The zero-order valence-electron chi connectivity index (χ0n) is 18.1. The number of piperidine rings is 1. The van der Waals surface area contributed by atoms with Crippen molar-refractivity contribution in [1.82, 2.24) is 30.0 Å². The summed E-state index contributed by atoms with van der Waals surface area (Å²) in [4.78, 5) is 36.6. The highest BCUT2D eigenvalue weighted by molar-refractivity contribution is 7.13. The molecule has 34 heavy (non-hydrogen) atoms. The average molecular weight is 477 g/mol. The molecular weight excluding hydrogens is 455 g/mol. The van der Waals surface area contributed by atoms with Crippen molar-refractivity contribution in [3.8, 4) is 16.4 Å². The number of carbonyl (C=O) groups is 2. The molecule has 1 fully saturated rings. The molecule has 10 heteroatoms. The van der Waals surface area contributed by atoms with Crippen molar-refractivity contribution in [1.29, 1.82) is 0 Å². The van der Waals surface area contributed by atoms with Gasteiger partial charge in [-0.25, -0.2) is 14.1 Å². The summed E-state index contributed by atoms with van der Waals surface area (Å²) in [6.45, 7) is 0.944. The van der Waals surface area contributed by atoms with E-state index in [1.165, 1.54) is 34.3 Å². The molecule has 172 valence electrons. The fraction of sp³-hybridized carbons (Fsp3) is 0.208. The number of aromatic nitrogens is 4. The molecule has 4 heterocycles. The van der Waals surface area contributed by atoms with Crippen molar-refractivity contribution >= 4 is 23.2 Å². The minimum atomic E-state index is -0.395. The van der Waals surface area contributed by atoms with Crippen LogP contribution >= 0.6 is 11.3 Å². The van der Waals surface area contributed by atoms with Gasteiger partial charge in [0.1, 0.15) is 5.82 Å². The maximum Gasteiger partial charge on any atom is 0.293 e. The lowest BCUT2D eigenvalue weighted by atomic mass is 10.0. The molecular formula is C24H21FN6O2S. The van der Waals surface area contributed by atoms with Crippen LogP contribution in [0.5, 0.6) is 0 Å². The minimum Gasteiger partial charge on any atom is -0.349 e. The Balaban J connectivity index is 1.31. The number of halogens is 1. The predicted molar refractivity (Wildman–Crippen MR) is 125 cm³/mol. The summed E-state index contributed by atoms with van der Waals surface area (Å²) in [5, 5.41) is 9.35. The van der Waals surface area contributed by atoms with Crippen molar-refractivity contribution in [2.24, 2.45) is 0 Å². The number of hydrogen-bond donors (Lipinski definition) is 1. The summed E-state index contributed by atoms with van der Waals surface area (Å²) in [7, 11) is 0. The van der Waals surface area contributed by atoms with Crippen LogP contribution in [-0.4, -0.2) is 55.6 Å². The van der Waals surface area contributed by atoms with Crippen LogP contribution in [0.25, 0.3) is 16.4 Å². The first-order valence-electron chi connectivity index (χ1n) is 10.9. The van der Waals surface area contributed by atoms with Crippen LogP contribution in [0.15, 0.2) is 66.3 Å². The van der Waals surface area contributed by atoms with Crippen molar-refractivity contribution in [2.75, 3.05) is 13.1 Å². The lowest BCUT2D eigenvalue weighted by molar-refractivity contribution is 0.0686. The molecule has 1 aliphatic heterocycles. The van der Waals surface area contributed by atoms with E-state index >= 15 is 0 Å². The van der Waals surface area contributed by atoms with E-state index in [1.807, 2.05) is 17.5 Å². The van der Waals surface area contributed by atoms with Gasteiger partial charge in [0.15, 0.2) is 5.82 Å². The van der Waals surface area contributed by atoms with E-state index in [4.69, 9.17) is 0 Å². The molecule has 0 atom stereocenters. The third kappa shape index (κ3) is 4.58. The number of thiophene rings is 1. The smallest absolute Gasteiger partial charge is 0.293 e. The molecule has 1 aliphatic rings. The Morgan fingerprint density at radius 2 is 1.94 bits per heavy atom. The van der Waals surface area contributed by atoms with E-state index in [1.54, 1.807) is 35.4 Å². The van der Waals surface area contributed by atoms with Gasteiger partial charge in [-0.1, -0.05) is 12.1 Å². The van der Waals surface area contributed by atoms with Crippen LogP contribution in [0.1, 0.15) is 33.8 Å². The fourth-order valence-corrected chi connectivity index (χ4v) is 4.59. The van der Waals surface area contributed by atoms with Crippen molar-refractivity contribution in [2.45, 2.75) is 18.9 Å². The molecule has 0 bridgehead atoms. The Morgan fingerprint density at radius 1 is 1.09 bits per heavy atom. The zero-order valence-corrected chi connectivity index (χ0v) is 18.9. The highest BCUT2D eigenvalue weighted by atomic mass is 32.1. The summed E-state index contributed by atoms with van der Waals surface area (Å²) >= 11 is 1.47. The molecule has 5 rings (SSSR count). The SMILES string of the molecule is O=C(NC1CCN(C(=O)c2nc(-c3cccs3)n(-c3cccc(F)c3)n2)CC1)c1cccnc1. The first kappa shape index (κ1) is 21.9. The number of nitrogens with zero attached hydrogens (tertiary/aromatic N) is 5. The summed E-state index contributed by atoms with van der Waals surface area (Å²) in [6, 6.07) is 13.2. The zero-order chi connectivity index (χ0) is 23.5. The van der Waals surface area contributed by atoms with Gasteiger partial charge in [0.25, 0.3) is 11.8 Å². The van der Waals surface area contributed by atoms with Gasteiger partial charge in [-0.05, 0) is 54.6 Å². The van der Waals surface area contributed by atoms with E-state index in [0.717, 1.165) is 4.88 Å². The normalized spacial score (nSPS) is 14.2. The Hall–Kier alpha value is -3.92. The number of likely N-dealkylation sites (tertiary alicyclic amines) is 1. The maximum absolute atomic E-state index is 13.9. The van der Waals surface area contributed by atoms with Crippen LogP contribution in [0, 0.1) is 5.82 Å². The molecule has 0 aliphatic carbocycles. The van der Waals surface area contributed by atoms with Gasteiger partial charge >= 0.3 is 0 Å².